The second-order valence-electron chi connectivity index (χ2n) is 7.23. The molecule has 3 rings (SSSR count). The molecule has 1 aliphatic heterocycles. The van der Waals surface area contributed by atoms with Crippen molar-refractivity contribution in [2.75, 3.05) is 13.7 Å². The fourth-order valence-corrected chi connectivity index (χ4v) is 3.61. The number of hydrogen-bond acceptors (Lipinski definition) is 6. The molecule has 1 aromatic carbocycles. The molecule has 0 unspecified atom stereocenters. The average molecular weight is 390 g/mol. The van der Waals surface area contributed by atoms with Gasteiger partial charge in [0, 0.05) is 18.0 Å². The number of fused-ring (bicyclic) bond motifs is 1. The Morgan fingerprint density at radius 2 is 1.93 bits per heavy atom. The fourth-order valence-electron chi connectivity index (χ4n) is 3.61. The summed E-state index contributed by atoms with van der Waals surface area (Å²) in [6.45, 7) is 1.39. The van der Waals surface area contributed by atoms with Crippen LogP contribution in [0.5, 0.6) is 11.5 Å². The van der Waals surface area contributed by atoms with Gasteiger partial charge in [0.15, 0.2) is 18.1 Å². The number of hydrogen-bond donors (Lipinski definition) is 2. The topological polar surface area (TPSA) is 103 Å². The van der Waals surface area contributed by atoms with Gasteiger partial charge in [0.1, 0.15) is 6.10 Å². The highest BCUT2D eigenvalue weighted by molar-refractivity contribution is 5.97. The van der Waals surface area contributed by atoms with E-state index < -0.39 is 24.5 Å². The molecule has 1 aliphatic carbocycles. The minimum Gasteiger partial charge on any atom is -0.493 e. The zero-order valence-corrected chi connectivity index (χ0v) is 16.2. The van der Waals surface area contributed by atoms with Crippen molar-refractivity contribution in [3.8, 4) is 11.5 Å². The van der Waals surface area contributed by atoms with Crippen molar-refractivity contribution >= 4 is 17.9 Å². The third-order valence-corrected chi connectivity index (χ3v) is 4.94. The molecular weight excluding hydrogens is 364 g/mol. The maximum Gasteiger partial charge on any atom is 0.338 e. The Hall–Kier alpha value is -2.77. The van der Waals surface area contributed by atoms with Crippen LogP contribution in [0.3, 0.4) is 0 Å². The van der Waals surface area contributed by atoms with E-state index in [1.54, 1.807) is 6.07 Å². The number of benzene rings is 1. The molecule has 28 heavy (non-hydrogen) atoms. The van der Waals surface area contributed by atoms with Crippen LogP contribution in [0.4, 0.5) is 4.79 Å². The van der Waals surface area contributed by atoms with Gasteiger partial charge in [-0.1, -0.05) is 19.3 Å². The van der Waals surface area contributed by atoms with Crippen LogP contribution in [-0.4, -0.2) is 43.8 Å². The highest BCUT2D eigenvalue weighted by atomic mass is 16.5. The number of urea groups is 1. The summed E-state index contributed by atoms with van der Waals surface area (Å²) in [7, 11) is 1.50. The third-order valence-electron chi connectivity index (χ3n) is 4.94. The van der Waals surface area contributed by atoms with Gasteiger partial charge < -0.3 is 19.5 Å². The Kier molecular flexibility index (Phi) is 6.38. The molecular formula is C20H26N2O6. The monoisotopic (exact) mass is 390 g/mol. The van der Waals surface area contributed by atoms with Crippen molar-refractivity contribution < 1.29 is 28.6 Å². The van der Waals surface area contributed by atoms with E-state index >= 15 is 0 Å². The van der Waals surface area contributed by atoms with Crippen LogP contribution < -0.4 is 20.1 Å². The number of imide groups is 1. The molecule has 2 aliphatic rings. The van der Waals surface area contributed by atoms with Crippen molar-refractivity contribution in [3.63, 3.8) is 0 Å². The largest absolute Gasteiger partial charge is 0.493 e. The first-order valence-corrected chi connectivity index (χ1v) is 9.61. The Morgan fingerprint density at radius 1 is 1.18 bits per heavy atom. The van der Waals surface area contributed by atoms with Crippen LogP contribution in [0.1, 0.15) is 54.9 Å². The van der Waals surface area contributed by atoms with Gasteiger partial charge in [-0.05, 0) is 31.9 Å². The van der Waals surface area contributed by atoms with Crippen molar-refractivity contribution in [3.05, 3.63) is 23.3 Å². The predicted molar refractivity (Wildman–Crippen MR) is 101 cm³/mol. The summed E-state index contributed by atoms with van der Waals surface area (Å²) in [4.78, 5) is 36.1. The number of carbonyl (C=O) groups is 3. The summed E-state index contributed by atoms with van der Waals surface area (Å²) >= 11 is 0. The summed E-state index contributed by atoms with van der Waals surface area (Å²) in [5, 5.41) is 4.97. The first kappa shape index (κ1) is 20.0. The molecule has 0 spiro atoms. The quantitative estimate of drug-likeness (QED) is 0.748. The van der Waals surface area contributed by atoms with Crippen LogP contribution in [-0.2, 0) is 16.0 Å². The predicted octanol–water partition coefficient (Wildman–Crippen LogP) is 2.33. The van der Waals surface area contributed by atoms with Gasteiger partial charge in [-0.3, -0.25) is 10.1 Å². The van der Waals surface area contributed by atoms with Gasteiger partial charge in [0.2, 0.25) is 0 Å². The van der Waals surface area contributed by atoms with Crippen LogP contribution in [0, 0.1) is 0 Å². The molecule has 1 saturated carbocycles. The minimum absolute atomic E-state index is 0.00336. The maximum atomic E-state index is 12.3. The molecule has 0 saturated heterocycles. The second-order valence-corrected chi connectivity index (χ2v) is 7.23. The van der Waals surface area contributed by atoms with E-state index in [1.807, 2.05) is 6.92 Å². The highest BCUT2D eigenvalue weighted by Crippen LogP contribution is 2.39. The van der Waals surface area contributed by atoms with E-state index in [-0.39, 0.29) is 17.7 Å². The summed E-state index contributed by atoms with van der Waals surface area (Å²) in [5.41, 5.74) is 1.13. The Balaban J connectivity index is 1.50. The van der Waals surface area contributed by atoms with E-state index in [1.165, 1.54) is 19.6 Å². The van der Waals surface area contributed by atoms with E-state index in [0.29, 0.717) is 17.9 Å². The fraction of sp³-hybridized carbons (Fsp3) is 0.550. The van der Waals surface area contributed by atoms with Gasteiger partial charge in [0.25, 0.3) is 5.91 Å². The van der Waals surface area contributed by atoms with Crippen LogP contribution in [0.2, 0.25) is 0 Å². The zero-order chi connectivity index (χ0) is 20.1. The lowest BCUT2D eigenvalue weighted by Gasteiger charge is -2.22. The first-order chi connectivity index (χ1) is 13.5. The van der Waals surface area contributed by atoms with Gasteiger partial charge in [-0.15, -0.1) is 0 Å². The minimum atomic E-state index is -0.674. The van der Waals surface area contributed by atoms with E-state index in [0.717, 1.165) is 31.2 Å². The van der Waals surface area contributed by atoms with Crippen molar-refractivity contribution in [2.24, 2.45) is 0 Å². The lowest BCUT2D eigenvalue weighted by molar-refractivity contribution is -0.123. The number of ether oxygens (including phenoxy) is 3. The molecule has 3 amide bonds. The summed E-state index contributed by atoms with van der Waals surface area (Å²) in [6.07, 6.45) is 5.82. The second kappa shape index (κ2) is 8.95. The Morgan fingerprint density at radius 3 is 2.64 bits per heavy atom. The highest BCUT2D eigenvalue weighted by Gasteiger charge is 2.26. The molecule has 1 fully saturated rings. The van der Waals surface area contributed by atoms with E-state index in [2.05, 4.69) is 10.6 Å². The van der Waals surface area contributed by atoms with Crippen LogP contribution in [0.25, 0.3) is 0 Å². The summed E-state index contributed by atoms with van der Waals surface area (Å²) < 4.78 is 16.0. The molecule has 8 heteroatoms. The average Bonchev–Trinajstić information content (AvgIpc) is 3.06. The standard InChI is InChI=1S/C20H26N2O6/c1-12-8-13-9-14(10-16(26-2)18(13)28-12)19(24)27-11-17(23)22-20(25)21-15-6-4-3-5-7-15/h9-10,12,15H,3-8,11H2,1-2H3,(H2,21,22,23,25)/t12-/m1/s1. The number of rotatable bonds is 5. The number of amides is 3. The molecule has 0 aromatic heterocycles. The Bertz CT molecular complexity index is 757. The van der Waals surface area contributed by atoms with E-state index in [4.69, 9.17) is 14.2 Å². The SMILES string of the molecule is COc1cc(C(=O)OCC(=O)NC(=O)NC2CCCCC2)cc2c1O[C@H](C)C2. The lowest BCUT2D eigenvalue weighted by Crippen LogP contribution is -2.46. The van der Waals surface area contributed by atoms with Crippen molar-refractivity contribution in [1.82, 2.24) is 10.6 Å². The maximum absolute atomic E-state index is 12.3. The summed E-state index contributed by atoms with van der Waals surface area (Å²) in [6, 6.07) is 2.73. The molecule has 0 radical (unpaired) electrons. The van der Waals surface area contributed by atoms with Crippen molar-refractivity contribution in [2.45, 2.75) is 57.6 Å². The van der Waals surface area contributed by atoms with Gasteiger partial charge in [-0.2, -0.15) is 0 Å². The van der Waals surface area contributed by atoms with Crippen LogP contribution >= 0.6 is 0 Å². The van der Waals surface area contributed by atoms with E-state index in [9.17, 15) is 14.4 Å². The molecule has 2 N–H and O–H groups in total. The molecule has 1 aromatic rings. The lowest BCUT2D eigenvalue weighted by atomic mass is 9.96. The number of carbonyl (C=O) groups excluding carboxylic acids is 3. The van der Waals surface area contributed by atoms with Gasteiger partial charge in [-0.25, -0.2) is 9.59 Å². The molecule has 0 bridgehead atoms. The van der Waals surface area contributed by atoms with Gasteiger partial charge >= 0.3 is 12.0 Å². The van der Waals surface area contributed by atoms with Crippen molar-refractivity contribution in [1.29, 1.82) is 0 Å². The zero-order valence-electron chi connectivity index (χ0n) is 16.2. The number of nitrogens with one attached hydrogen (secondary N) is 2. The Labute approximate surface area is 163 Å². The summed E-state index contributed by atoms with van der Waals surface area (Å²) in [5.74, 6) is -0.260. The first-order valence-electron chi connectivity index (χ1n) is 9.61. The number of methoxy groups -OCH3 is 1. The molecule has 1 atom stereocenters. The number of esters is 1. The van der Waals surface area contributed by atoms with Gasteiger partial charge in [0.05, 0.1) is 12.7 Å². The molecule has 8 nitrogen and oxygen atoms in total. The smallest absolute Gasteiger partial charge is 0.338 e. The van der Waals surface area contributed by atoms with Crippen LogP contribution in [0.15, 0.2) is 12.1 Å². The third kappa shape index (κ3) is 4.94. The molecule has 152 valence electrons. The normalized spacial score (nSPS) is 18.6. The molecule has 1 heterocycles.